The molecule has 1 atom stereocenters. The molecule has 2 rings (SSSR count). The number of benzene rings is 1. The Morgan fingerprint density at radius 2 is 2.00 bits per heavy atom. The minimum Gasteiger partial charge on any atom is -0.468 e. The summed E-state index contributed by atoms with van der Waals surface area (Å²) < 4.78 is 36.2. The molecule has 0 unspecified atom stereocenters. The average molecular weight is 299 g/mol. The lowest BCUT2D eigenvalue weighted by atomic mass is 10.2. The molecule has 0 bridgehead atoms. The number of carbonyl (C=O) groups is 1. The van der Waals surface area contributed by atoms with Crippen molar-refractivity contribution in [3.8, 4) is 0 Å². The van der Waals surface area contributed by atoms with Gasteiger partial charge in [0.15, 0.2) is 0 Å². The predicted molar refractivity (Wildman–Crippen MR) is 71.7 cm³/mol. The summed E-state index contributed by atoms with van der Waals surface area (Å²) in [4.78, 5) is 11.9. The molecule has 1 fully saturated rings. The fourth-order valence-electron chi connectivity index (χ4n) is 2.04. The number of hydrogen-bond donors (Lipinski definition) is 0. The van der Waals surface area contributed by atoms with Gasteiger partial charge in [-0.15, -0.1) is 0 Å². The van der Waals surface area contributed by atoms with E-state index in [2.05, 4.69) is 4.74 Å². The van der Waals surface area contributed by atoms with Crippen molar-refractivity contribution in [1.82, 2.24) is 4.31 Å². The van der Waals surface area contributed by atoms with Crippen LogP contribution in [0.2, 0.25) is 0 Å². The number of morpholine rings is 1. The van der Waals surface area contributed by atoms with Gasteiger partial charge in [0.05, 0.1) is 25.2 Å². The van der Waals surface area contributed by atoms with Gasteiger partial charge in [0.1, 0.15) is 6.04 Å². The first-order chi connectivity index (χ1) is 9.46. The highest BCUT2D eigenvalue weighted by Crippen LogP contribution is 2.21. The van der Waals surface area contributed by atoms with E-state index in [4.69, 9.17) is 4.74 Å². The Hall–Kier alpha value is -1.44. The number of nitrogens with zero attached hydrogens (tertiary/aromatic N) is 1. The maximum Gasteiger partial charge on any atom is 0.326 e. The van der Waals surface area contributed by atoms with Crippen LogP contribution in [-0.2, 0) is 24.3 Å². The third kappa shape index (κ3) is 2.84. The molecule has 0 saturated carbocycles. The molecular formula is C13H17NO5S. The lowest BCUT2D eigenvalue weighted by molar-refractivity contribution is -0.149. The van der Waals surface area contributed by atoms with E-state index < -0.39 is 22.0 Å². The van der Waals surface area contributed by atoms with Gasteiger partial charge < -0.3 is 9.47 Å². The Bertz CT molecular complexity index is 581. The Morgan fingerprint density at radius 3 is 2.60 bits per heavy atom. The molecule has 0 radical (unpaired) electrons. The first-order valence-corrected chi connectivity index (χ1v) is 7.65. The zero-order chi connectivity index (χ0) is 14.8. The van der Waals surface area contributed by atoms with Gasteiger partial charge in [-0.05, 0) is 19.1 Å². The highest BCUT2D eigenvalue weighted by Gasteiger charge is 2.38. The van der Waals surface area contributed by atoms with Crippen LogP contribution in [0.15, 0.2) is 29.2 Å². The van der Waals surface area contributed by atoms with Crippen molar-refractivity contribution in [3.05, 3.63) is 29.8 Å². The molecule has 0 spiro atoms. The molecule has 110 valence electrons. The predicted octanol–water partition coefficient (Wildman–Crippen LogP) is 0.558. The SMILES string of the molecule is COC(=O)[C@@H]1COCCN1S(=O)(=O)c1ccc(C)cc1. The fourth-order valence-corrected chi connectivity index (χ4v) is 3.59. The summed E-state index contributed by atoms with van der Waals surface area (Å²) >= 11 is 0. The summed E-state index contributed by atoms with van der Waals surface area (Å²) in [5.74, 6) is -0.611. The molecule has 0 amide bonds. The van der Waals surface area contributed by atoms with Gasteiger partial charge in [-0.1, -0.05) is 17.7 Å². The van der Waals surface area contributed by atoms with Gasteiger partial charge in [0.25, 0.3) is 0 Å². The number of methoxy groups -OCH3 is 1. The van der Waals surface area contributed by atoms with Crippen molar-refractivity contribution in [2.24, 2.45) is 0 Å². The van der Waals surface area contributed by atoms with Crippen molar-refractivity contribution >= 4 is 16.0 Å². The van der Waals surface area contributed by atoms with E-state index in [0.29, 0.717) is 0 Å². The number of rotatable bonds is 3. The number of esters is 1. The van der Waals surface area contributed by atoms with Crippen LogP contribution in [0, 0.1) is 6.92 Å². The summed E-state index contributed by atoms with van der Waals surface area (Å²) in [7, 11) is -2.50. The first-order valence-electron chi connectivity index (χ1n) is 6.21. The Labute approximate surface area is 118 Å². The molecule has 1 heterocycles. The van der Waals surface area contributed by atoms with Crippen LogP contribution < -0.4 is 0 Å². The monoisotopic (exact) mass is 299 g/mol. The summed E-state index contributed by atoms with van der Waals surface area (Å²) in [6, 6.07) is 5.59. The summed E-state index contributed by atoms with van der Waals surface area (Å²) in [6.45, 7) is 2.29. The molecule has 1 aromatic carbocycles. The molecule has 6 nitrogen and oxygen atoms in total. The van der Waals surface area contributed by atoms with Crippen LogP contribution >= 0.6 is 0 Å². The second kappa shape index (κ2) is 5.90. The van der Waals surface area contributed by atoms with E-state index in [-0.39, 0.29) is 24.7 Å². The normalized spacial score (nSPS) is 20.6. The Morgan fingerprint density at radius 1 is 1.35 bits per heavy atom. The van der Waals surface area contributed by atoms with Crippen LogP contribution in [0.1, 0.15) is 5.56 Å². The van der Waals surface area contributed by atoms with Crippen molar-refractivity contribution in [3.63, 3.8) is 0 Å². The third-order valence-electron chi connectivity index (χ3n) is 3.18. The quantitative estimate of drug-likeness (QED) is 0.762. The number of aryl methyl sites for hydroxylation is 1. The zero-order valence-electron chi connectivity index (χ0n) is 11.4. The van der Waals surface area contributed by atoms with E-state index >= 15 is 0 Å². The highest BCUT2D eigenvalue weighted by molar-refractivity contribution is 7.89. The number of hydrogen-bond acceptors (Lipinski definition) is 5. The van der Waals surface area contributed by atoms with Crippen LogP contribution in [0.25, 0.3) is 0 Å². The molecule has 1 saturated heterocycles. The molecule has 1 aliphatic rings. The van der Waals surface area contributed by atoms with E-state index in [0.717, 1.165) is 9.87 Å². The van der Waals surface area contributed by atoms with Crippen LogP contribution in [0.3, 0.4) is 0 Å². The van der Waals surface area contributed by atoms with Crippen molar-refractivity contribution in [2.75, 3.05) is 26.9 Å². The summed E-state index contributed by atoms with van der Waals surface area (Å²) in [5.41, 5.74) is 0.968. The lowest BCUT2D eigenvalue weighted by Crippen LogP contribution is -2.52. The topological polar surface area (TPSA) is 72.9 Å². The van der Waals surface area contributed by atoms with Gasteiger partial charge in [-0.2, -0.15) is 4.31 Å². The standard InChI is InChI=1S/C13H17NO5S/c1-10-3-5-11(6-4-10)20(16,17)14-7-8-19-9-12(14)13(15)18-2/h3-6,12H,7-9H2,1-2H3/t12-/m0/s1. The summed E-state index contributed by atoms with van der Waals surface area (Å²) in [5, 5.41) is 0. The zero-order valence-corrected chi connectivity index (χ0v) is 12.2. The number of ether oxygens (including phenoxy) is 2. The van der Waals surface area contributed by atoms with Crippen molar-refractivity contribution in [2.45, 2.75) is 17.9 Å². The van der Waals surface area contributed by atoms with E-state index in [1.165, 1.54) is 19.2 Å². The van der Waals surface area contributed by atoms with Gasteiger partial charge in [-0.25, -0.2) is 8.42 Å². The largest absolute Gasteiger partial charge is 0.468 e. The number of carbonyl (C=O) groups excluding carboxylic acids is 1. The van der Waals surface area contributed by atoms with Crippen molar-refractivity contribution < 1.29 is 22.7 Å². The van der Waals surface area contributed by atoms with E-state index in [9.17, 15) is 13.2 Å². The van der Waals surface area contributed by atoms with E-state index in [1.807, 2.05) is 6.92 Å². The van der Waals surface area contributed by atoms with Crippen molar-refractivity contribution in [1.29, 1.82) is 0 Å². The van der Waals surface area contributed by atoms with Gasteiger partial charge in [0, 0.05) is 6.54 Å². The molecule has 20 heavy (non-hydrogen) atoms. The van der Waals surface area contributed by atoms with Crippen LogP contribution in [0.5, 0.6) is 0 Å². The molecule has 7 heteroatoms. The van der Waals surface area contributed by atoms with Crippen LogP contribution in [0.4, 0.5) is 0 Å². The molecule has 1 aliphatic heterocycles. The molecule has 0 aliphatic carbocycles. The highest BCUT2D eigenvalue weighted by atomic mass is 32.2. The molecule has 0 N–H and O–H groups in total. The van der Waals surface area contributed by atoms with Gasteiger partial charge >= 0.3 is 5.97 Å². The second-order valence-electron chi connectivity index (χ2n) is 4.54. The molecule has 1 aromatic rings. The fraction of sp³-hybridized carbons (Fsp3) is 0.462. The molecule has 0 aromatic heterocycles. The maximum atomic E-state index is 12.6. The lowest BCUT2D eigenvalue weighted by Gasteiger charge is -2.32. The van der Waals surface area contributed by atoms with E-state index in [1.54, 1.807) is 12.1 Å². The maximum absolute atomic E-state index is 12.6. The minimum absolute atomic E-state index is 0.0117. The summed E-state index contributed by atoms with van der Waals surface area (Å²) in [6.07, 6.45) is 0. The smallest absolute Gasteiger partial charge is 0.326 e. The van der Waals surface area contributed by atoms with Gasteiger partial charge in [0.2, 0.25) is 10.0 Å². The van der Waals surface area contributed by atoms with Gasteiger partial charge in [-0.3, -0.25) is 4.79 Å². The first kappa shape index (κ1) is 15.0. The third-order valence-corrected chi connectivity index (χ3v) is 5.10. The average Bonchev–Trinajstić information content (AvgIpc) is 2.47. The second-order valence-corrected chi connectivity index (χ2v) is 6.43. The van der Waals surface area contributed by atoms with Crippen LogP contribution in [-0.4, -0.2) is 51.6 Å². The number of sulfonamides is 1. The minimum atomic E-state index is -3.73. The molecular weight excluding hydrogens is 282 g/mol. The Balaban J connectivity index is 2.35. The Kier molecular flexibility index (Phi) is 4.42.